The number of benzene rings is 2. The minimum atomic E-state index is -1.07. The van der Waals surface area contributed by atoms with Crippen LogP contribution in [0.15, 0.2) is 42.5 Å². The van der Waals surface area contributed by atoms with E-state index >= 15 is 0 Å². The van der Waals surface area contributed by atoms with Crippen LogP contribution in [0.2, 0.25) is 0 Å². The molecule has 1 aromatic heterocycles. The van der Waals surface area contributed by atoms with Crippen molar-refractivity contribution in [2.45, 2.75) is 64.5 Å². The molecule has 7 nitrogen and oxygen atoms in total. The first-order valence-corrected chi connectivity index (χ1v) is 13.3. The van der Waals surface area contributed by atoms with Crippen molar-refractivity contribution in [1.82, 2.24) is 14.8 Å². The molecule has 2 aromatic carbocycles. The lowest BCUT2D eigenvalue weighted by Gasteiger charge is -2.51. The number of carbonyl (C=O) groups is 2. The molecule has 0 unspecified atom stereocenters. The van der Waals surface area contributed by atoms with Gasteiger partial charge in [-0.2, -0.15) is 0 Å². The van der Waals surface area contributed by atoms with Gasteiger partial charge in [-0.3, -0.25) is 9.59 Å². The molecule has 0 spiro atoms. The van der Waals surface area contributed by atoms with E-state index in [9.17, 15) is 9.59 Å². The number of aromatic amines is 1. The Hall–Kier alpha value is -3.48. The molecular formula is C30H37N3O4. The highest BCUT2D eigenvalue weighted by Gasteiger charge is 2.56. The molecule has 196 valence electrons. The number of nitrogens with zero attached hydrogens (tertiary/aromatic N) is 2. The number of H-pyrrole nitrogens is 1. The smallest absolute Gasteiger partial charge is 0.254 e. The van der Waals surface area contributed by atoms with E-state index in [1.807, 2.05) is 57.2 Å². The van der Waals surface area contributed by atoms with Crippen LogP contribution in [0.1, 0.15) is 69.7 Å². The highest BCUT2D eigenvalue weighted by atomic mass is 16.5. The summed E-state index contributed by atoms with van der Waals surface area (Å²) in [5.41, 5.74) is 2.80. The third-order valence-corrected chi connectivity index (χ3v) is 7.80. The second-order valence-electron chi connectivity index (χ2n) is 10.6. The van der Waals surface area contributed by atoms with Crippen molar-refractivity contribution >= 4 is 22.7 Å². The minimum Gasteiger partial charge on any atom is -0.493 e. The Kier molecular flexibility index (Phi) is 6.65. The van der Waals surface area contributed by atoms with E-state index < -0.39 is 5.54 Å². The van der Waals surface area contributed by atoms with Gasteiger partial charge >= 0.3 is 0 Å². The fraction of sp³-hybridized carbons (Fsp3) is 0.467. The van der Waals surface area contributed by atoms with Crippen LogP contribution in [0.3, 0.4) is 0 Å². The van der Waals surface area contributed by atoms with Gasteiger partial charge in [0, 0.05) is 29.9 Å². The number of unbranched alkanes of at least 4 members (excludes halogenated alkanes) is 2. The molecule has 2 aliphatic heterocycles. The summed E-state index contributed by atoms with van der Waals surface area (Å²) >= 11 is 0. The molecule has 0 aliphatic carbocycles. The van der Waals surface area contributed by atoms with E-state index in [-0.39, 0.29) is 30.4 Å². The van der Waals surface area contributed by atoms with Crippen molar-refractivity contribution < 1.29 is 19.1 Å². The molecule has 0 saturated carbocycles. The van der Waals surface area contributed by atoms with E-state index in [1.54, 1.807) is 16.9 Å². The zero-order chi connectivity index (χ0) is 26.3. The van der Waals surface area contributed by atoms with Crippen molar-refractivity contribution in [2.24, 2.45) is 0 Å². The predicted octanol–water partition coefficient (Wildman–Crippen LogP) is 5.19. The number of amides is 2. The minimum absolute atomic E-state index is 0.00674. The number of nitrogens with one attached hydrogen (secondary N) is 1. The van der Waals surface area contributed by atoms with E-state index in [0.717, 1.165) is 47.0 Å². The standard InChI is InChI=1S/C30H37N3O4/c1-6-7-10-15-32-18-26(34)33-17-22(20-13-14-24(37-19(2)3)25(16-20)36-5)27-21-11-8-9-12-23(21)31-28(27)30(33,4)29(32)35/h8-9,11-14,16,19,22,31H,6-7,10,15,17-18H2,1-5H3/t22-,30-/m0/s1. The summed E-state index contributed by atoms with van der Waals surface area (Å²) in [6.45, 7) is 9.17. The zero-order valence-electron chi connectivity index (χ0n) is 22.5. The maximum absolute atomic E-state index is 14.0. The first kappa shape index (κ1) is 25.2. The highest BCUT2D eigenvalue weighted by Crippen LogP contribution is 2.49. The summed E-state index contributed by atoms with van der Waals surface area (Å²) < 4.78 is 11.6. The Balaban J connectivity index is 1.64. The third kappa shape index (κ3) is 4.14. The monoisotopic (exact) mass is 503 g/mol. The van der Waals surface area contributed by atoms with E-state index in [0.29, 0.717) is 24.6 Å². The number of fused-ring (bicyclic) bond motifs is 5. The molecule has 2 atom stereocenters. The van der Waals surface area contributed by atoms with Gasteiger partial charge in [0.25, 0.3) is 5.91 Å². The van der Waals surface area contributed by atoms with Crippen LogP contribution in [0.25, 0.3) is 10.9 Å². The van der Waals surface area contributed by atoms with E-state index in [4.69, 9.17) is 9.47 Å². The van der Waals surface area contributed by atoms with Crippen molar-refractivity contribution in [3.8, 4) is 11.5 Å². The SMILES string of the molecule is CCCCCN1CC(=O)N2C[C@@H](c3ccc(OC(C)C)c(OC)c3)c3c([nH]c4ccccc34)[C@@]2(C)C1=O. The van der Waals surface area contributed by atoms with E-state index in [1.165, 1.54) is 0 Å². The van der Waals surface area contributed by atoms with Gasteiger partial charge in [-0.1, -0.05) is 44.0 Å². The van der Waals surface area contributed by atoms with Gasteiger partial charge in [0.2, 0.25) is 5.91 Å². The number of methoxy groups -OCH3 is 1. The molecule has 0 radical (unpaired) electrons. The Labute approximate surface area is 218 Å². The zero-order valence-corrected chi connectivity index (χ0v) is 22.5. The normalized spacial score (nSPS) is 21.4. The molecule has 7 heteroatoms. The molecule has 37 heavy (non-hydrogen) atoms. The number of ether oxygens (including phenoxy) is 2. The first-order valence-electron chi connectivity index (χ1n) is 13.3. The number of hydrogen-bond donors (Lipinski definition) is 1. The molecule has 1 fully saturated rings. The second kappa shape index (κ2) is 9.77. The fourth-order valence-electron chi connectivity index (χ4n) is 5.96. The quantitative estimate of drug-likeness (QED) is 0.430. The van der Waals surface area contributed by atoms with Crippen molar-refractivity contribution in [1.29, 1.82) is 0 Å². The molecule has 3 aromatic rings. The Morgan fingerprint density at radius 2 is 1.89 bits per heavy atom. The van der Waals surface area contributed by atoms with Crippen LogP contribution in [0.4, 0.5) is 0 Å². The lowest BCUT2D eigenvalue weighted by atomic mass is 9.76. The summed E-state index contributed by atoms with van der Waals surface area (Å²) in [5.74, 6) is 1.20. The third-order valence-electron chi connectivity index (χ3n) is 7.80. The Morgan fingerprint density at radius 3 is 2.62 bits per heavy atom. The maximum atomic E-state index is 14.0. The van der Waals surface area contributed by atoms with Crippen molar-refractivity contribution in [3.05, 3.63) is 59.3 Å². The summed E-state index contributed by atoms with van der Waals surface area (Å²) in [6, 6.07) is 14.1. The lowest BCUT2D eigenvalue weighted by Crippen LogP contribution is -2.67. The second-order valence-corrected chi connectivity index (χ2v) is 10.6. The van der Waals surface area contributed by atoms with Gasteiger partial charge in [-0.05, 0) is 56.5 Å². The number of carbonyl (C=O) groups excluding carboxylic acids is 2. The molecule has 1 N–H and O–H groups in total. The largest absolute Gasteiger partial charge is 0.493 e. The van der Waals surface area contributed by atoms with Crippen molar-refractivity contribution in [2.75, 3.05) is 26.7 Å². The first-order chi connectivity index (χ1) is 17.8. The van der Waals surface area contributed by atoms with E-state index in [2.05, 4.69) is 18.0 Å². The fourth-order valence-corrected chi connectivity index (χ4v) is 5.96. The molecule has 3 heterocycles. The van der Waals surface area contributed by atoms with Gasteiger partial charge in [0.05, 0.1) is 25.5 Å². The number of rotatable bonds is 8. The molecule has 0 bridgehead atoms. The highest BCUT2D eigenvalue weighted by molar-refractivity contribution is 6.01. The average molecular weight is 504 g/mol. The van der Waals surface area contributed by atoms with Crippen LogP contribution in [-0.2, 0) is 15.1 Å². The van der Waals surface area contributed by atoms with Crippen LogP contribution >= 0.6 is 0 Å². The number of aromatic nitrogens is 1. The summed E-state index contributed by atoms with van der Waals surface area (Å²) in [5, 5.41) is 1.08. The van der Waals surface area contributed by atoms with Crippen molar-refractivity contribution in [3.63, 3.8) is 0 Å². The van der Waals surface area contributed by atoms with Gasteiger partial charge in [0.15, 0.2) is 17.0 Å². The Bertz CT molecular complexity index is 1330. The van der Waals surface area contributed by atoms with Crippen LogP contribution in [0.5, 0.6) is 11.5 Å². The molecule has 2 aliphatic rings. The van der Waals surface area contributed by atoms with Gasteiger partial charge in [-0.25, -0.2) is 0 Å². The average Bonchev–Trinajstić information content (AvgIpc) is 3.28. The van der Waals surface area contributed by atoms with Gasteiger partial charge in [0.1, 0.15) is 0 Å². The van der Waals surface area contributed by atoms with Crippen LogP contribution < -0.4 is 9.47 Å². The number of hydrogen-bond acceptors (Lipinski definition) is 4. The molecule has 2 amide bonds. The molecule has 5 rings (SSSR count). The molecule has 1 saturated heterocycles. The summed E-state index contributed by atoms with van der Waals surface area (Å²) in [6.07, 6.45) is 3.03. The van der Waals surface area contributed by atoms with Gasteiger partial charge < -0.3 is 24.3 Å². The van der Waals surface area contributed by atoms with Crippen LogP contribution in [0, 0.1) is 0 Å². The number of piperazine rings is 1. The van der Waals surface area contributed by atoms with Gasteiger partial charge in [-0.15, -0.1) is 0 Å². The number of para-hydroxylation sites is 1. The summed E-state index contributed by atoms with van der Waals surface area (Å²) in [7, 11) is 1.64. The summed E-state index contributed by atoms with van der Waals surface area (Å²) in [4.78, 5) is 34.7. The predicted molar refractivity (Wildman–Crippen MR) is 144 cm³/mol. The van der Waals surface area contributed by atoms with Crippen LogP contribution in [-0.4, -0.2) is 59.4 Å². The lowest BCUT2D eigenvalue weighted by molar-refractivity contribution is -0.166. The Morgan fingerprint density at radius 1 is 1.11 bits per heavy atom. The topological polar surface area (TPSA) is 74.9 Å². The molecular weight excluding hydrogens is 466 g/mol. The maximum Gasteiger partial charge on any atom is 0.254 e.